The fourth-order valence-corrected chi connectivity index (χ4v) is 2.37. The number of aliphatic hydroxyl groups excluding tert-OH is 1. The van der Waals surface area contributed by atoms with Gasteiger partial charge in [-0.3, -0.25) is 9.48 Å². The summed E-state index contributed by atoms with van der Waals surface area (Å²) in [6.45, 7) is 0.150. The molecule has 0 saturated heterocycles. The molecule has 5 nitrogen and oxygen atoms in total. The van der Waals surface area contributed by atoms with Gasteiger partial charge in [0, 0.05) is 43.5 Å². The van der Waals surface area contributed by atoms with Crippen molar-refractivity contribution in [3.8, 4) is 0 Å². The number of aryl methyl sites for hydroxylation is 1. The van der Waals surface area contributed by atoms with E-state index >= 15 is 0 Å². The van der Waals surface area contributed by atoms with Gasteiger partial charge in [-0.2, -0.15) is 5.10 Å². The monoisotopic (exact) mass is 249 g/mol. The molecule has 18 heavy (non-hydrogen) atoms. The zero-order chi connectivity index (χ0) is 13.0. The summed E-state index contributed by atoms with van der Waals surface area (Å²) in [7, 11) is 1.84. The number of nitrogens with zero attached hydrogens (tertiary/aromatic N) is 2. The van der Waals surface area contributed by atoms with Gasteiger partial charge in [0.15, 0.2) is 0 Å². The molecule has 2 N–H and O–H groups in total. The predicted molar refractivity (Wildman–Crippen MR) is 68.6 cm³/mol. The first-order valence-corrected chi connectivity index (χ1v) is 6.27. The second-order valence-corrected chi connectivity index (χ2v) is 4.77. The number of hydrogen-bond donors (Lipinski definition) is 2. The van der Waals surface area contributed by atoms with E-state index in [2.05, 4.69) is 10.4 Å². The van der Waals surface area contributed by atoms with Gasteiger partial charge in [0.2, 0.25) is 5.91 Å². The minimum Gasteiger partial charge on any atom is -0.396 e. The normalized spacial score (nSPS) is 23.7. The van der Waals surface area contributed by atoms with Crippen LogP contribution in [0.5, 0.6) is 0 Å². The quantitative estimate of drug-likeness (QED) is 0.772. The molecule has 1 aromatic rings. The third-order valence-electron chi connectivity index (χ3n) is 3.37. The van der Waals surface area contributed by atoms with E-state index in [1.807, 2.05) is 13.2 Å². The standard InChI is InChI=1S/C13H19N3O2/c1-16-8-10(7-14-16)5-6-13(18)15-12-4-2-3-11(12)9-17/h5-8,11-12,17H,2-4,9H2,1H3,(H,15,18)/b6-5+. The molecule has 2 rings (SSSR count). The smallest absolute Gasteiger partial charge is 0.244 e. The van der Waals surface area contributed by atoms with Gasteiger partial charge in [-0.25, -0.2) is 0 Å². The Balaban J connectivity index is 1.86. The molecule has 2 unspecified atom stereocenters. The van der Waals surface area contributed by atoms with Crippen molar-refractivity contribution in [3.05, 3.63) is 24.0 Å². The second kappa shape index (κ2) is 5.82. The Bertz CT molecular complexity index is 439. The van der Waals surface area contributed by atoms with Gasteiger partial charge in [0.1, 0.15) is 0 Å². The number of rotatable bonds is 4. The van der Waals surface area contributed by atoms with Crippen LogP contribution >= 0.6 is 0 Å². The Morgan fingerprint density at radius 1 is 1.67 bits per heavy atom. The van der Waals surface area contributed by atoms with E-state index in [0.717, 1.165) is 24.8 Å². The molecule has 1 aliphatic rings. The van der Waals surface area contributed by atoms with E-state index in [1.54, 1.807) is 17.0 Å². The van der Waals surface area contributed by atoms with E-state index in [0.29, 0.717) is 0 Å². The summed E-state index contributed by atoms with van der Waals surface area (Å²) in [6, 6.07) is 0.112. The summed E-state index contributed by atoms with van der Waals surface area (Å²) in [5, 5.41) is 16.1. The average Bonchev–Trinajstić information content (AvgIpc) is 2.95. The first-order valence-electron chi connectivity index (χ1n) is 6.27. The second-order valence-electron chi connectivity index (χ2n) is 4.77. The maximum atomic E-state index is 11.7. The lowest BCUT2D eigenvalue weighted by atomic mass is 10.1. The van der Waals surface area contributed by atoms with Gasteiger partial charge in [0.05, 0.1) is 6.20 Å². The first kappa shape index (κ1) is 12.8. The maximum absolute atomic E-state index is 11.7. The van der Waals surface area contributed by atoms with Gasteiger partial charge in [-0.1, -0.05) is 6.42 Å². The lowest BCUT2D eigenvalue weighted by molar-refractivity contribution is -0.117. The molecular weight excluding hydrogens is 230 g/mol. The molecule has 5 heteroatoms. The van der Waals surface area contributed by atoms with E-state index in [9.17, 15) is 9.90 Å². The van der Waals surface area contributed by atoms with Crippen LogP contribution in [-0.4, -0.2) is 33.4 Å². The fraction of sp³-hybridized carbons (Fsp3) is 0.538. The van der Waals surface area contributed by atoms with E-state index in [-0.39, 0.29) is 24.5 Å². The van der Waals surface area contributed by atoms with Gasteiger partial charge in [-0.05, 0) is 18.9 Å². The van der Waals surface area contributed by atoms with Crippen molar-refractivity contribution < 1.29 is 9.90 Å². The number of aliphatic hydroxyl groups is 1. The van der Waals surface area contributed by atoms with Crippen LogP contribution in [0.4, 0.5) is 0 Å². The number of nitrogens with one attached hydrogen (secondary N) is 1. The van der Waals surface area contributed by atoms with Gasteiger partial charge >= 0.3 is 0 Å². The Labute approximate surface area is 106 Å². The van der Waals surface area contributed by atoms with E-state index < -0.39 is 0 Å². The number of carbonyl (C=O) groups is 1. The molecular formula is C13H19N3O2. The van der Waals surface area contributed by atoms with Crippen molar-refractivity contribution >= 4 is 12.0 Å². The minimum atomic E-state index is -0.107. The van der Waals surface area contributed by atoms with Crippen LogP contribution in [0.1, 0.15) is 24.8 Å². The zero-order valence-corrected chi connectivity index (χ0v) is 10.5. The number of amides is 1. The van der Waals surface area contributed by atoms with Crippen LogP contribution in [0, 0.1) is 5.92 Å². The summed E-state index contributed by atoms with van der Waals surface area (Å²) in [5.74, 6) is 0.102. The van der Waals surface area contributed by atoms with E-state index in [1.165, 1.54) is 6.08 Å². The van der Waals surface area contributed by atoms with E-state index in [4.69, 9.17) is 0 Å². The highest BCUT2D eigenvalue weighted by Gasteiger charge is 2.27. The highest BCUT2D eigenvalue weighted by atomic mass is 16.3. The summed E-state index contributed by atoms with van der Waals surface area (Å²) < 4.78 is 1.69. The minimum absolute atomic E-state index is 0.107. The molecule has 0 spiro atoms. The van der Waals surface area contributed by atoms with Crippen LogP contribution < -0.4 is 5.32 Å². The highest BCUT2D eigenvalue weighted by molar-refractivity contribution is 5.91. The predicted octanol–water partition coefficient (Wildman–Crippen LogP) is 0.710. The molecule has 1 aromatic heterocycles. The van der Waals surface area contributed by atoms with Crippen LogP contribution in [-0.2, 0) is 11.8 Å². The van der Waals surface area contributed by atoms with Crippen molar-refractivity contribution in [2.75, 3.05) is 6.61 Å². The molecule has 0 aromatic carbocycles. The number of hydrogen-bond acceptors (Lipinski definition) is 3. The Hall–Kier alpha value is -1.62. The summed E-state index contributed by atoms with van der Waals surface area (Å²) in [6.07, 6.45) is 9.83. The van der Waals surface area contributed by atoms with Crippen molar-refractivity contribution in [2.24, 2.45) is 13.0 Å². The summed E-state index contributed by atoms with van der Waals surface area (Å²) in [5.41, 5.74) is 0.901. The van der Waals surface area contributed by atoms with Crippen LogP contribution in [0.3, 0.4) is 0 Å². The lowest BCUT2D eigenvalue weighted by Crippen LogP contribution is -2.37. The third kappa shape index (κ3) is 3.20. The Morgan fingerprint density at radius 3 is 3.17 bits per heavy atom. The third-order valence-corrected chi connectivity index (χ3v) is 3.37. The molecule has 1 fully saturated rings. The maximum Gasteiger partial charge on any atom is 0.244 e. The molecule has 1 heterocycles. The molecule has 2 atom stereocenters. The number of carbonyl (C=O) groups excluding carboxylic acids is 1. The molecule has 0 bridgehead atoms. The van der Waals surface area contributed by atoms with Crippen LogP contribution in [0.15, 0.2) is 18.5 Å². The zero-order valence-electron chi connectivity index (χ0n) is 10.5. The lowest BCUT2D eigenvalue weighted by Gasteiger charge is -2.17. The van der Waals surface area contributed by atoms with Gasteiger partial charge < -0.3 is 10.4 Å². The Morgan fingerprint density at radius 2 is 2.50 bits per heavy atom. The summed E-state index contributed by atoms with van der Waals surface area (Å²) >= 11 is 0. The van der Waals surface area contributed by atoms with Crippen molar-refractivity contribution in [1.29, 1.82) is 0 Å². The summed E-state index contributed by atoms with van der Waals surface area (Å²) in [4.78, 5) is 11.7. The average molecular weight is 249 g/mol. The number of aromatic nitrogens is 2. The van der Waals surface area contributed by atoms with Crippen molar-refractivity contribution in [3.63, 3.8) is 0 Å². The Kier molecular flexibility index (Phi) is 4.15. The van der Waals surface area contributed by atoms with Crippen molar-refractivity contribution in [2.45, 2.75) is 25.3 Å². The molecule has 0 aliphatic heterocycles. The first-order chi connectivity index (χ1) is 8.69. The van der Waals surface area contributed by atoms with Crippen molar-refractivity contribution in [1.82, 2.24) is 15.1 Å². The largest absolute Gasteiger partial charge is 0.396 e. The van der Waals surface area contributed by atoms with Crippen LogP contribution in [0.2, 0.25) is 0 Å². The fourth-order valence-electron chi connectivity index (χ4n) is 2.37. The molecule has 1 saturated carbocycles. The SMILES string of the molecule is Cn1cc(/C=C/C(=O)NC2CCCC2CO)cn1. The van der Waals surface area contributed by atoms with Gasteiger partial charge in [-0.15, -0.1) is 0 Å². The topological polar surface area (TPSA) is 67.2 Å². The molecule has 98 valence electrons. The molecule has 0 radical (unpaired) electrons. The van der Waals surface area contributed by atoms with Crippen LogP contribution in [0.25, 0.3) is 6.08 Å². The highest BCUT2D eigenvalue weighted by Crippen LogP contribution is 2.24. The molecule has 1 amide bonds. The van der Waals surface area contributed by atoms with Gasteiger partial charge in [0.25, 0.3) is 0 Å². The molecule has 1 aliphatic carbocycles.